The van der Waals surface area contributed by atoms with Crippen LogP contribution in [-0.2, 0) is 19.5 Å². The molecule has 1 N–H and O–H groups in total. The van der Waals surface area contributed by atoms with Crippen molar-refractivity contribution in [1.29, 1.82) is 0 Å². The number of hydrogen-bond acceptors (Lipinski definition) is 4. The summed E-state index contributed by atoms with van der Waals surface area (Å²) in [7, 11) is 0. The first-order chi connectivity index (χ1) is 18.0. The van der Waals surface area contributed by atoms with Gasteiger partial charge in [-0.15, -0.1) is 0 Å². The molecule has 0 unspecified atom stereocenters. The van der Waals surface area contributed by atoms with Crippen LogP contribution in [0.4, 0.5) is 0 Å². The molecule has 3 aromatic carbocycles. The summed E-state index contributed by atoms with van der Waals surface area (Å²) in [6.45, 7) is 0.631. The number of carbonyl (C=O) groups excluding carboxylic acids is 1. The average Bonchev–Trinajstić information content (AvgIpc) is 3.43. The first-order valence-electron chi connectivity index (χ1n) is 11.9. The smallest absolute Gasteiger partial charge is 0.332 e. The Morgan fingerprint density at radius 2 is 1.65 bits per heavy atom. The van der Waals surface area contributed by atoms with E-state index in [4.69, 9.17) is 16.0 Å². The van der Waals surface area contributed by atoms with Gasteiger partial charge in [-0.25, -0.2) is 4.79 Å². The highest BCUT2D eigenvalue weighted by molar-refractivity contribution is 6.30. The summed E-state index contributed by atoms with van der Waals surface area (Å²) < 4.78 is 8.01. The second kappa shape index (κ2) is 10.7. The quantitative estimate of drug-likeness (QED) is 0.331. The molecule has 2 heterocycles. The number of benzene rings is 3. The van der Waals surface area contributed by atoms with Crippen LogP contribution in [0.2, 0.25) is 5.02 Å². The molecular formula is C29H24ClN3O4. The van der Waals surface area contributed by atoms with E-state index in [0.29, 0.717) is 40.2 Å². The lowest BCUT2D eigenvalue weighted by molar-refractivity contribution is 0.0954. The maximum Gasteiger partial charge on any atom is 0.332 e. The number of fused-ring (bicyclic) bond motifs is 1. The SMILES string of the molecule is O=C(NCCc1ccccc1)c1ccc2c(=O)n(Cc3ccco3)c(=O)n(Cc3cccc(Cl)c3)c2c1. The zero-order valence-corrected chi connectivity index (χ0v) is 20.6. The third-order valence-electron chi connectivity index (χ3n) is 6.15. The highest BCUT2D eigenvalue weighted by Crippen LogP contribution is 2.16. The van der Waals surface area contributed by atoms with Gasteiger partial charge < -0.3 is 9.73 Å². The number of aromatic nitrogens is 2. The van der Waals surface area contributed by atoms with Crippen LogP contribution in [0.1, 0.15) is 27.2 Å². The normalized spacial score (nSPS) is 11.1. The Bertz CT molecular complexity index is 1670. The van der Waals surface area contributed by atoms with Gasteiger partial charge in [0, 0.05) is 17.1 Å². The van der Waals surface area contributed by atoms with Crippen LogP contribution in [0, 0.1) is 0 Å². The molecule has 37 heavy (non-hydrogen) atoms. The van der Waals surface area contributed by atoms with Gasteiger partial charge in [-0.2, -0.15) is 0 Å². The summed E-state index contributed by atoms with van der Waals surface area (Å²) in [5.41, 5.74) is 1.69. The van der Waals surface area contributed by atoms with Gasteiger partial charge in [-0.3, -0.25) is 18.7 Å². The summed E-state index contributed by atoms with van der Waals surface area (Å²) >= 11 is 6.17. The molecule has 0 radical (unpaired) electrons. The number of nitrogens with zero attached hydrogens (tertiary/aromatic N) is 2. The van der Waals surface area contributed by atoms with Crippen molar-refractivity contribution < 1.29 is 9.21 Å². The fourth-order valence-corrected chi connectivity index (χ4v) is 4.51. The van der Waals surface area contributed by atoms with Gasteiger partial charge in [0.2, 0.25) is 0 Å². The zero-order valence-electron chi connectivity index (χ0n) is 19.9. The standard InChI is InChI=1S/C29H24ClN3O4/c30-23-9-4-8-21(16-23)18-32-26-17-22(27(34)31-14-13-20-6-2-1-3-7-20)11-12-25(26)28(35)33(29(32)36)19-24-10-5-15-37-24/h1-12,15-17H,13-14,18-19H2,(H,31,34). The first kappa shape index (κ1) is 24.3. The van der Waals surface area contributed by atoms with Crippen molar-refractivity contribution in [1.82, 2.24) is 14.5 Å². The lowest BCUT2D eigenvalue weighted by Gasteiger charge is -2.15. The lowest BCUT2D eigenvalue weighted by Crippen LogP contribution is -2.40. The van der Waals surface area contributed by atoms with E-state index >= 15 is 0 Å². The van der Waals surface area contributed by atoms with Gasteiger partial charge in [-0.1, -0.05) is 54.1 Å². The average molecular weight is 514 g/mol. The monoisotopic (exact) mass is 513 g/mol. The number of halogens is 1. The van der Waals surface area contributed by atoms with E-state index < -0.39 is 11.2 Å². The van der Waals surface area contributed by atoms with Gasteiger partial charge in [0.05, 0.1) is 30.3 Å². The van der Waals surface area contributed by atoms with Crippen molar-refractivity contribution in [3.05, 3.63) is 140 Å². The summed E-state index contributed by atoms with van der Waals surface area (Å²) in [6.07, 6.45) is 2.19. The minimum atomic E-state index is -0.504. The van der Waals surface area contributed by atoms with Crippen molar-refractivity contribution in [3.63, 3.8) is 0 Å². The highest BCUT2D eigenvalue weighted by Gasteiger charge is 2.17. The topological polar surface area (TPSA) is 86.2 Å². The molecule has 0 saturated carbocycles. The minimum absolute atomic E-state index is 0.00211. The largest absolute Gasteiger partial charge is 0.467 e. The van der Waals surface area contributed by atoms with E-state index in [-0.39, 0.29) is 19.0 Å². The summed E-state index contributed by atoms with van der Waals surface area (Å²) in [4.78, 5) is 39.8. The molecule has 0 bridgehead atoms. The Labute approximate surface area is 217 Å². The number of hydrogen-bond donors (Lipinski definition) is 1. The maximum absolute atomic E-state index is 13.6. The van der Waals surface area contributed by atoms with E-state index in [9.17, 15) is 14.4 Å². The molecule has 186 valence electrons. The Morgan fingerprint density at radius 3 is 2.41 bits per heavy atom. The molecule has 0 spiro atoms. The summed E-state index contributed by atoms with van der Waals surface area (Å²) in [5.74, 6) is 0.210. The van der Waals surface area contributed by atoms with E-state index in [1.807, 2.05) is 36.4 Å². The highest BCUT2D eigenvalue weighted by atomic mass is 35.5. The van der Waals surface area contributed by atoms with Gasteiger partial charge in [0.15, 0.2) is 0 Å². The molecule has 1 amide bonds. The van der Waals surface area contributed by atoms with E-state index in [1.54, 1.807) is 48.5 Å². The number of rotatable bonds is 8. The number of furan rings is 1. The molecule has 0 atom stereocenters. The first-order valence-corrected chi connectivity index (χ1v) is 12.2. The van der Waals surface area contributed by atoms with Crippen molar-refractivity contribution in [2.45, 2.75) is 19.5 Å². The second-order valence-electron chi connectivity index (χ2n) is 8.69. The van der Waals surface area contributed by atoms with Crippen molar-refractivity contribution >= 4 is 28.4 Å². The summed E-state index contributed by atoms with van der Waals surface area (Å²) in [6, 6.07) is 25.2. The third-order valence-corrected chi connectivity index (χ3v) is 6.39. The van der Waals surface area contributed by atoms with Crippen molar-refractivity contribution in [2.75, 3.05) is 6.54 Å². The van der Waals surface area contributed by atoms with Gasteiger partial charge in [-0.05, 0) is 60.0 Å². The van der Waals surface area contributed by atoms with Crippen LogP contribution in [0.15, 0.2) is 105 Å². The fraction of sp³-hybridized carbons (Fsp3) is 0.138. The van der Waals surface area contributed by atoms with Crippen LogP contribution in [0.5, 0.6) is 0 Å². The van der Waals surface area contributed by atoms with Crippen LogP contribution in [0.25, 0.3) is 10.9 Å². The molecule has 0 fully saturated rings. The van der Waals surface area contributed by atoms with E-state index in [1.165, 1.54) is 10.8 Å². The van der Waals surface area contributed by atoms with Crippen LogP contribution in [-0.4, -0.2) is 21.6 Å². The molecular weight excluding hydrogens is 490 g/mol. The van der Waals surface area contributed by atoms with Crippen molar-refractivity contribution in [2.24, 2.45) is 0 Å². The molecule has 5 rings (SSSR count). The van der Waals surface area contributed by atoms with Gasteiger partial charge in [0.25, 0.3) is 11.5 Å². The lowest BCUT2D eigenvalue weighted by atomic mass is 10.1. The minimum Gasteiger partial charge on any atom is -0.467 e. The molecule has 7 nitrogen and oxygen atoms in total. The maximum atomic E-state index is 13.6. The Morgan fingerprint density at radius 1 is 0.838 bits per heavy atom. The van der Waals surface area contributed by atoms with Crippen molar-refractivity contribution in [3.8, 4) is 0 Å². The van der Waals surface area contributed by atoms with E-state index in [2.05, 4.69) is 5.32 Å². The molecule has 0 aliphatic rings. The summed E-state index contributed by atoms with van der Waals surface area (Å²) in [5, 5.41) is 3.79. The number of carbonyl (C=O) groups is 1. The number of nitrogens with one attached hydrogen (secondary N) is 1. The van der Waals surface area contributed by atoms with Gasteiger partial charge in [0.1, 0.15) is 5.76 Å². The van der Waals surface area contributed by atoms with Gasteiger partial charge >= 0.3 is 5.69 Å². The number of amides is 1. The predicted molar refractivity (Wildman–Crippen MR) is 143 cm³/mol. The Balaban J connectivity index is 1.53. The predicted octanol–water partition coefficient (Wildman–Crippen LogP) is 4.48. The molecule has 8 heteroatoms. The molecule has 2 aromatic heterocycles. The Kier molecular flexibility index (Phi) is 7.05. The zero-order chi connectivity index (χ0) is 25.8. The fourth-order valence-electron chi connectivity index (χ4n) is 4.29. The molecule has 0 aliphatic heterocycles. The van der Waals surface area contributed by atoms with Crippen LogP contribution < -0.4 is 16.6 Å². The van der Waals surface area contributed by atoms with Crippen LogP contribution >= 0.6 is 11.6 Å². The van der Waals surface area contributed by atoms with Crippen LogP contribution in [0.3, 0.4) is 0 Å². The van der Waals surface area contributed by atoms with E-state index in [0.717, 1.165) is 15.7 Å². The molecule has 5 aromatic rings. The second-order valence-corrected chi connectivity index (χ2v) is 9.13. The molecule has 0 aliphatic carbocycles. The third kappa shape index (κ3) is 5.42. The Hall–Kier alpha value is -4.36. The molecule has 0 saturated heterocycles.